The monoisotopic (exact) mass is 411 g/mol. The van der Waals surface area contributed by atoms with Crippen molar-refractivity contribution in [1.29, 1.82) is 0 Å². The quantitative estimate of drug-likeness (QED) is 0.790. The lowest BCUT2D eigenvalue weighted by Gasteiger charge is -2.37. The average Bonchev–Trinajstić information content (AvgIpc) is 2.78. The van der Waals surface area contributed by atoms with Crippen molar-refractivity contribution >= 4 is 23.2 Å². The summed E-state index contributed by atoms with van der Waals surface area (Å²) in [5, 5.41) is 2.90. The molecule has 0 radical (unpaired) electrons. The topological polar surface area (TPSA) is 71.1 Å². The summed E-state index contributed by atoms with van der Waals surface area (Å²) in [5.74, 6) is 1.11. The lowest BCUT2D eigenvalue weighted by atomic mass is 10.1. The van der Waals surface area contributed by atoms with Crippen LogP contribution in [0.2, 0.25) is 0 Å². The molecule has 1 aliphatic heterocycles. The molecule has 2 amide bonds. The highest BCUT2D eigenvalue weighted by Crippen LogP contribution is 2.28. The third-order valence-electron chi connectivity index (χ3n) is 5.22. The van der Waals surface area contributed by atoms with Crippen molar-refractivity contribution in [2.75, 3.05) is 50.6 Å². The number of carbonyl (C=O) groups excluding carboxylic acids is 2. The van der Waals surface area contributed by atoms with Gasteiger partial charge >= 0.3 is 0 Å². The van der Waals surface area contributed by atoms with E-state index in [1.165, 1.54) is 7.11 Å². The van der Waals surface area contributed by atoms with Gasteiger partial charge in [0.25, 0.3) is 5.91 Å². The second-order valence-corrected chi connectivity index (χ2v) is 7.54. The van der Waals surface area contributed by atoms with Crippen molar-refractivity contribution in [1.82, 2.24) is 4.90 Å². The lowest BCUT2D eigenvalue weighted by molar-refractivity contribution is -0.134. The molecule has 2 aromatic carbocycles. The second kappa shape index (κ2) is 9.52. The van der Waals surface area contributed by atoms with Crippen LogP contribution < -0.4 is 19.7 Å². The van der Waals surface area contributed by atoms with Crippen molar-refractivity contribution in [2.45, 2.75) is 13.8 Å². The number of carbonyl (C=O) groups is 2. The van der Waals surface area contributed by atoms with Gasteiger partial charge in [0, 0.05) is 49.0 Å². The minimum Gasteiger partial charge on any atom is -0.493 e. The maximum Gasteiger partial charge on any atom is 0.255 e. The van der Waals surface area contributed by atoms with E-state index in [-0.39, 0.29) is 17.7 Å². The molecule has 0 bridgehead atoms. The van der Waals surface area contributed by atoms with Gasteiger partial charge in [-0.2, -0.15) is 0 Å². The summed E-state index contributed by atoms with van der Waals surface area (Å²) in [6.45, 7) is 6.93. The zero-order valence-corrected chi connectivity index (χ0v) is 18.0. The largest absolute Gasteiger partial charge is 0.493 e. The van der Waals surface area contributed by atoms with Crippen LogP contribution in [-0.4, -0.2) is 57.1 Å². The molecule has 3 rings (SSSR count). The van der Waals surface area contributed by atoms with E-state index < -0.39 is 0 Å². The molecule has 0 saturated carbocycles. The second-order valence-electron chi connectivity index (χ2n) is 7.54. The lowest BCUT2D eigenvalue weighted by Crippen LogP contribution is -2.49. The fourth-order valence-corrected chi connectivity index (χ4v) is 3.49. The van der Waals surface area contributed by atoms with E-state index in [9.17, 15) is 9.59 Å². The minimum absolute atomic E-state index is 0.0325. The fraction of sp³-hybridized carbons (Fsp3) is 0.391. The number of hydrogen-bond donors (Lipinski definition) is 1. The first kappa shape index (κ1) is 21.5. The highest BCUT2D eigenvalue weighted by Gasteiger charge is 2.23. The predicted molar refractivity (Wildman–Crippen MR) is 118 cm³/mol. The van der Waals surface area contributed by atoms with Crippen LogP contribution in [0.25, 0.3) is 0 Å². The number of benzene rings is 2. The number of nitrogens with zero attached hydrogens (tertiary/aromatic N) is 2. The van der Waals surface area contributed by atoms with Gasteiger partial charge in [-0.05, 0) is 42.5 Å². The molecular weight excluding hydrogens is 382 g/mol. The molecule has 7 heteroatoms. The van der Waals surface area contributed by atoms with Crippen molar-refractivity contribution in [3.63, 3.8) is 0 Å². The van der Waals surface area contributed by atoms with Crippen LogP contribution >= 0.6 is 0 Å². The maximum absolute atomic E-state index is 12.6. The molecule has 1 N–H and O–H groups in total. The standard InChI is InChI=1S/C23H29N3O4/c1-16(2)23(28)26-13-11-25(12-14-26)19-8-6-18(7-9-19)24-22(27)17-5-10-20(29-3)21(15-17)30-4/h5-10,15-16H,11-14H2,1-4H3,(H,24,27). The Kier molecular flexibility index (Phi) is 6.82. The molecule has 0 unspecified atom stereocenters. The fourth-order valence-electron chi connectivity index (χ4n) is 3.49. The van der Waals surface area contributed by atoms with Gasteiger partial charge in [0.2, 0.25) is 5.91 Å². The smallest absolute Gasteiger partial charge is 0.255 e. The highest BCUT2D eigenvalue weighted by atomic mass is 16.5. The molecule has 160 valence electrons. The molecule has 7 nitrogen and oxygen atoms in total. The van der Waals surface area contributed by atoms with E-state index in [1.807, 2.05) is 43.0 Å². The van der Waals surface area contributed by atoms with Gasteiger partial charge in [-0.1, -0.05) is 13.8 Å². The third kappa shape index (κ3) is 4.84. The van der Waals surface area contributed by atoms with Crippen LogP contribution in [0.1, 0.15) is 24.2 Å². The summed E-state index contributed by atoms with van der Waals surface area (Å²) in [5.41, 5.74) is 2.28. The Morgan fingerprint density at radius 2 is 1.53 bits per heavy atom. The number of ether oxygens (including phenoxy) is 2. The highest BCUT2D eigenvalue weighted by molar-refractivity contribution is 6.04. The summed E-state index contributed by atoms with van der Waals surface area (Å²) < 4.78 is 10.5. The first-order chi connectivity index (χ1) is 14.4. The molecular formula is C23H29N3O4. The predicted octanol–water partition coefficient (Wildman–Crippen LogP) is 3.26. The molecule has 1 aliphatic rings. The third-order valence-corrected chi connectivity index (χ3v) is 5.22. The van der Waals surface area contributed by atoms with E-state index in [0.29, 0.717) is 22.7 Å². The van der Waals surface area contributed by atoms with Crippen LogP contribution in [0.4, 0.5) is 11.4 Å². The minimum atomic E-state index is -0.218. The van der Waals surface area contributed by atoms with Gasteiger partial charge in [-0.25, -0.2) is 0 Å². The normalized spacial score (nSPS) is 13.9. The Morgan fingerprint density at radius 1 is 0.900 bits per heavy atom. The Balaban J connectivity index is 1.60. The summed E-state index contributed by atoms with van der Waals surface area (Å²) >= 11 is 0. The Bertz CT molecular complexity index is 888. The van der Waals surface area contributed by atoms with Crippen molar-refractivity contribution in [2.24, 2.45) is 5.92 Å². The molecule has 30 heavy (non-hydrogen) atoms. The number of rotatable bonds is 6. The SMILES string of the molecule is COc1ccc(C(=O)Nc2ccc(N3CCN(C(=O)C(C)C)CC3)cc2)cc1OC. The van der Waals surface area contributed by atoms with Gasteiger partial charge in [0.15, 0.2) is 11.5 Å². The summed E-state index contributed by atoms with van der Waals surface area (Å²) in [7, 11) is 3.10. The van der Waals surface area contributed by atoms with Gasteiger partial charge in [-0.3, -0.25) is 9.59 Å². The molecule has 0 aromatic heterocycles. The molecule has 0 spiro atoms. The Hall–Kier alpha value is -3.22. The van der Waals surface area contributed by atoms with Crippen LogP contribution in [0.3, 0.4) is 0 Å². The van der Waals surface area contributed by atoms with Crippen LogP contribution in [0.5, 0.6) is 11.5 Å². The number of amides is 2. The van der Waals surface area contributed by atoms with Gasteiger partial charge in [0.1, 0.15) is 0 Å². The molecule has 1 fully saturated rings. The Morgan fingerprint density at radius 3 is 2.10 bits per heavy atom. The number of hydrogen-bond acceptors (Lipinski definition) is 5. The van der Waals surface area contributed by atoms with Crippen LogP contribution in [-0.2, 0) is 4.79 Å². The summed E-state index contributed by atoms with van der Waals surface area (Å²) in [6.07, 6.45) is 0. The molecule has 0 atom stereocenters. The summed E-state index contributed by atoms with van der Waals surface area (Å²) in [4.78, 5) is 28.9. The Labute approximate surface area is 177 Å². The van der Waals surface area contributed by atoms with Crippen molar-refractivity contribution in [3.8, 4) is 11.5 Å². The number of methoxy groups -OCH3 is 2. The van der Waals surface area contributed by atoms with Gasteiger partial charge in [-0.15, -0.1) is 0 Å². The van der Waals surface area contributed by atoms with E-state index in [4.69, 9.17) is 9.47 Å². The zero-order chi connectivity index (χ0) is 21.7. The van der Waals surface area contributed by atoms with Crippen LogP contribution in [0.15, 0.2) is 42.5 Å². The van der Waals surface area contributed by atoms with E-state index >= 15 is 0 Å². The number of anilines is 2. The van der Waals surface area contributed by atoms with E-state index in [1.54, 1.807) is 25.3 Å². The van der Waals surface area contributed by atoms with E-state index in [2.05, 4.69) is 10.2 Å². The summed E-state index contributed by atoms with van der Waals surface area (Å²) in [6, 6.07) is 12.8. The average molecular weight is 412 g/mol. The van der Waals surface area contributed by atoms with Crippen LogP contribution in [0, 0.1) is 5.92 Å². The molecule has 2 aromatic rings. The van der Waals surface area contributed by atoms with Crippen molar-refractivity contribution in [3.05, 3.63) is 48.0 Å². The van der Waals surface area contributed by atoms with E-state index in [0.717, 1.165) is 31.9 Å². The maximum atomic E-state index is 12.6. The number of piperazine rings is 1. The molecule has 1 saturated heterocycles. The zero-order valence-electron chi connectivity index (χ0n) is 18.0. The first-order valence-electron chi connectivity index (χ1n) is 10.1. The molecule has 1 heterocycles. The van der Waals surface area contributed by atoms with Gasteiger partial charge < -0.3 is 24.6 Å². The number of nitrogens with one attached hydrogen (secondary N) is 1. The van der Waals surface area contributed by atoms with Gasteiger partial charge in [0.05, 0.1) is 14.2 Å². The molecule has 0 aliphatic carbocycles. The van der Waals surface area contributed by atoms with Crippen molar-refractivity contribution < 1.29 is 19.1 Å². The first-order valence-corrected chi connectivity index (χ1v) is 10.1.